The lowest BCUT2D eigenvalue weighted by Gasteiger charge is -2.10. The Hall–Kier alpha value is -2.09. The van der Waals surface area contributed by atoms with Crippen LogP contribution in [0.15, 0.2) is 42.5 Å². The molecule has 2 aromatic carbocycles. The van der Waals surface area contributed by atoms with E-state index in [4.69, 9.17) is 4.74 Å². The van der Waals surface area contributed by atoms with Crippen LogP contribution in [0.5, 0.6) is 11.5 Å². The molecule has 0 spiro atoms. The van der Waals surface area contributed by atoms with Crippen molar-refractivity contribution in [2.24, 2.45) is 0 Å². The van der Waals surface area contributed by atoms with Crippen molar-refractivity contribution in [1.29, 1.82) is 0 Å². The normalized spacial score (nSPS) is 10.0. The molecule has 2 aromatic rings. The van der Waals surface area contributed by atoms with Crippen molar-refractivity contribution < 1.29 is 9.53 Å². The summed E-state index contributed by atoms with van der Waals surface area (Å²) in [7, 11) is 0. The van der Waals surface area contributed by atoms with Crippen LogP contribution in [0, 0.1) is 13.8 Å². The molecule has 0 atom stereocenters. The van der Waals surface area contributed by atoms with Gasteiger partial charge in [-0.2, -0.15) is 0 Å². The van der Waals surface area contributed by atoms with Crippen LogP contribution in [-0.2, 0) is 0 Å². The maximum Gasteiger partial charge on any atom is 0.153 e. The van der Waals surface area contributed by atoms with Crippen LogP contribution in [0.2, 0.25) is 0 Å². The Bertz CT molecular complexity index is 544. The maximum absolute atomic E-state index is 10.9. The molecule has 17 heavy (non-hydrogen) atoms. The van der Waals surface area contributed by atoms with Crippen molar-refractivity contribution >= 4 is 6.29 Å². The lowest BCUT2D eigenvalue weighted by Crippen LogP contribution is -1.92. The van der Waals surface area contributed by atoms with Crippen LogP contribution in [0.4, 0.5) is 0 Å². The first-order chi connectivity index (χ1) is 8.20. The smallest absolute Gasteiger partial charge is 0.153 e. The number of rotatable bonds is 3. The van der Waals surface area contributed by atoms with Gasteiger partial charge in [-0.25, -0.2) is 0 Å². The van der Waals surface area contributed by atoms with Crippen LogP contribution in [0.1, 0.15) is 21.5 Å². The molecule has 0 saturated carbocycles. The van der Waals surface area contributed by atoms with E-state index in [2.05, 4.69) is 6.07 Å². The second kappa shape index (κ2) is 4.83. The van der Waals surface area contributed by atoms with Gasteiger partial charge in [0.05, 0.1) is 5.56 Å². The molecule has 0 aliphatic carbocycles. The molecule has 0 aliphatic heterocycles. The Labute approximate surface area is 101 Å². The van der Waals surface area contributed by atoms with E-state index in [0.717, 1.165) is 17.6 Å². The minimum Gasteiger partial charge on any atom is -0.456 e. The van der Waals surface area contributed by atoms with Gasteiger partial charge in [-0.3, -0.25) is 4.79 Å². The zero-order chi connectivity index (χ0) is 12.3. The van der Waals surface area contributed by atoms with Gasteiger partial charge < -0.3 is 4.74 Å². The number of para-hydroxylation sites is 1. The topological polar surface area (TPSA) is 26.3 Å². The van der Waals surface area contributed by atoms with Crippen LogP contribution in [0.3, 0.4) is 0 Å². The Kier molecular flexibility index (Phi) is 3.24. The molecule has 0 aromatic heterocycles. The van der Waals surface area contributed by atoms with Gasteiger partial charge in [0, 0.05) is 0 Å². The summed E-state index contributed by atoms with van der Waals surface area (Å²) in [5.41, 5.74) is 2.82. The molecule has 0 heterocycles. The standard InChI is InChI=1S/C15H14O2/c1-11-7-8-14(12(2)9-11)17-15-6-4-3-5-13(15)10-16/h3-10H,1-2H3. The Morgan fingerprint density at radius 3 is 2.47 bits per heavy atom. The van der Waals surface area contributed by atoms with E-state index in [1.54, 1.807) is 12.1 Å². The van der Waals surface area contributed by atoms with Crippen LogP contribution >= 0.6 is 0 Å². The number of benzene rings is 2. The number of hydrogen-bond acceptors (Lipinski definition) is 2. The predicted octanol–water partition coefficient (Wildman–Crippen LogP) is 3.91. The molecular formula is C15H14O2. The summed E-state index contributed by atoms with van der Waals surface area (Å²) < 4.78 is 5.75. The summed E-state index contributed by atoms with van der Waals surface area (Å²) in [4.78, 5) is 10.9. The molecule has 2 nitrogen and oxygen atoms in total. The molecule has 0 radical (unpaired) electrons. The number of carbonyl (C=O) groups is 1. The third-order valence-corrected chi connectivity index (χ3v) is 2.60. The van der Waals surface area contributed by atoms with Crippen molar-refractivity contribution in [2.75, 3.05) is 0 Å². The molecule has 0 saturated heterocycles. The molecule has 0 bridgehead atoms. The van der Waals surface area contributed by atoms with Gasteiger partial charge in [0.25, 0.3) is 0 Å². The SMILES string of the molecule is Cc1ccc(Oc2ccccc2C=O)c(C)c1. The van der Waals surface area contributed by atoms with Crippen molar-refractivity contribution in [1.82, 2.24) is 0 Å². The van der Waals surface area contributed by atoms with Gasteiger partial charge in [-0.05, 0) is 37.6 Å². The first-order valence-corrected chi connectivity index (χ1v) is 5.50. The molecule has 0 aliphatic rings. The molecule has 2 heteroatoms. The van der Waals surface area contributed by atoms with E-state index in [1.807, 2.05) is 38.1 Å². The summed E-state index contributed by atoms with van der Waals surface area (Å²) >= 11 is 0. The average molecular weight is 226 g/mol. The Morgan fingerprint density at radius 1 is 1.00 bits per heavy atom. The van der Waals surface area contributed by atoms with Crippen molar-refractivity contribution in [3.63, 3.8) is 0 Å². The highest BCUT2D eigenvalue weighted by molar-refractivity contribution is 5.79. The molecule has 86 valence electrons. The van der Waals surface area contributed by atoms with Gasteiger partial charge in [-0.1, -0.05) is 29.8 Å². The average Bonchev–Trinajstić information content (AvgIpc) is 2.33. The van der Waals surface area contributed by atoms with E-state index in [0.29, 0.717) is 11.3 Å². The Balaban J connectivity index is 2.34. The second-order valence-electron chi connectivity index (χ2n) is 4.03. The zero-order valence-electron chi connectivity index (χ0n) is 9.94. The highest BCUT2D eigenvalue weighted by Gasteiger charge is 2.05. The highest BCUT2D eigenvalue weighted by atomic mass is 16.5. The summed E-state index contributed by atoms with van der Waals surface area (Å²) in [6.07, 6.45) is 0.804. The molecule has 0 N–H and O–H groups in total. The van der Waals surface area contributed by atoms with E-state index < -0.39 is 0 Å². The van der Waals surface area contributed by atoms with E-state index in [-0.39, 0.29) is 0 Å². The monoisotopic (exact) mass is 226 g/mol. The third-order valence-electron chi connectivity index (χ3n) is 2.60. The number of ether oxygens (including phenoxy) is 1. The number of aldehydes is 1. The van der Waals surface area contributed by atoms with E-state index >= 15 is 0 Å². The van der Waals surface area contributed by atoms with Crippen LogP contribution < -0.4 is 4.74 Å². The van der Waals surface area contributed by atoms with Gasteiger partial charge >= 0.3 is 0 Å². The van der Waals surface area contributed by atoms with Crippen molar-refractivity contribution in [3.05, 3.63) is 59.2 Å². The minimum absolute atomic E-state index is 0.562. The summed E-state index contributed by atoms with van der Waals surface area (Å²) in [5.74, 6) is 1.37. The number of hydrogen-bond donors (Lipinski definition) is 0. The highest BCUT2D eigenvalue weighted by Crippen LogP contribution is 2.27. The minimum atomic E-state index is 0.562. The number of aryl methyl sites for hydroxylation is 2. The lowest BCUT2D eigenvalue weighted by molar-refractivity contribution is 0.112. The Morgan fingerprint density at radius 2 is 1.76 bits per heavy atom. The largest absolute Gasteiger partial charge is 0.456 e. The molecule has 0 amide bonds. The van der Waals surface area contributed by atoms with Gasteiger partial charge in [0.2, 0.25) is 0 Å². The predicted molar refractivity (Wildman–Crippen MR) is 67.8 cm³/mol. The molecule has 0 unspecified atom stereocenters. The first kappa shape index (κ1) is 11.4. The third kappa shape index (κ3) is 2.53. The second-order valence-corrected chi connectivity index (χ2v) is 4.03. The fraction of sp³-hybridized carbons (Fsp3) is 0.133. The fourth-order valence-corrected chi connectivity index (χ4v) is 1.70. The molecule has 0 fully saturated rings. The van der Waals surface area contributed by atoms with Crippen molar-refractivity contribution in [2.45, 2.75) is 13.8 Å². The number of carbonyl (C=O) groups excluding carboxylic acids is 1. The van der Waals surface area contributed by atoms with Crippen LogP contribution in [0.25, 0.3) is 0 Å². The maximum atomic E-state index is 10.9. The summed E-state index contributed by atoms with van der Waals surface area (Å²) in [6.45, 7) is 4.03. The van der Waals surface area contributed by atoms with Crippen molar-refractivity contribution in [3.8, 4) is 11.5 Å². The summed E-state index contributed by atoms with van der Waals surface area (Å²) in [5, 5.41) is 0. The quantitative estimate of drug-likeness (QED) is 0.742. The van der Waals surface area contributed by atoms with Crippen LogP contribution in [-0.4, -0.2) is 6.29 Å². The summed E-state index contributed by atoms with van der Waals surface area (Å²) in [6, 6.07) is 13.2. The fourth-order valence-electron chi connectivity index (χ4n) is 1.70. The van der Waals surface area contributed by atoms with E-state index in [1.165, 1.54) is 5.56 Å². The molecule has 2 rings (SSSR count). The zero-order valence-corrected chi connectivity index (χ0v) is 9.94. The van der Waals surface area contributed by atoms with Gasteiger partial charge in [-0.15, -0.1) is 0 Å². The lowest BCUT2D eigenvalue weighted by atomic mass is 10.1. The van der Waals surface area contributed by atoms with Gasteiger partial charge in [0.15, 0.2) is 6.29 Å². The molecular weight excluding hydrogens is 212 g/mol. The van der Waals surface area contributed by atoms with E-state index in [9.17, 15) is 4.79 Å². The first-order valence-electron chi connectivity index (χ1n) is 5.50. The van der Waals surface area contributed by atoms with Gasteiger partial charge in [0.1, 0.15) is 11.5 Å².